The molecule has 0 spiro atoms. The lowest BCUT2D eigenvalue weighted by atomic mass is 9.96. The van der Waals surface area contributed by atoms with Crippen LogP contribution in [0.15, 0.2) is 35.7 Å². The van der Waals surface area contributed by atoms with Crippen molar-refractivity contribution in [3.63, 3.8) is 0 Å². The van der Waals surface area contributed by atoms with Gasteiger partial charge in [-0.1, -0.05) is 30.3 Å². The highest BCUT2D eigenvalue weighted by Gasteiger charge is 2.45. The number of halogens is 1. The lowest BCUT2D eigenvalue weighted by Crippen LogP contribution is -2.37. The van der Waals surface area contributed by atoms with Crippen LogP contribution < -0.4 is 5.73 Å². The number of hydrogen-bond donors (Lipinski definition) is 1. The van der Waals surface area contributed by atoms with Crippen LogP contribution in [0.5, 0.6) is 0 Å². The molecule has 1 aromatic carbocycles. The summed E-state index contributed by atoms with van der Waals surface area (Å²) in [6, 6.07) is 9.98. The molecule has 19 heavy (non-hydrogen) atoms. The monoisotopic (exact) mass is 276 g/mol. The minimum Gasteiger partial charge on any atom is -0.328 e. The number of benzene rings is 1. The second-order valence-electron chi connectivity index (χ2n) is 5.18. The van der Waals surface area contributed by atoms with E-state index >= 15 is 0 Å². The number of nitrogens with zero attached hydrogens (tertiary/aromatic N) is 1. The molecule has 0 saturated heterocycles. The summed E-state index contributed by atoms with van der Waals surface area (Å²) >= 11 is 1.53. The van der Waals surface area contributed by atoms with Gasteiger partial charge in [0.15, 0.2) is 0 Å². The summed E-state index contributed by atoms with van der Waals surface area (Å²) in [7, 11) is 0. The Morgan fingerprint density at radius 3 is 2.68 bits per heavy atom. The van der Waals surface area contributed by atoms with E-state index in [1.807, 2.05) is 35.7 Å². The molecule has 2 N–H and O–H groups in total. The molecule has 0 aliphatic heterocycles. The maximum absolute atomic E-state index is 14.6. The van der Waals surface area contributed by atoms with Gasteiger partial charge in [0.25, 0.3) is 0 Å². The first kappa shape index (κ1) is 12.8. The Hall–Kier alpha value is -1.26. The molecule has 2 nitrogen and oxygen atoms in total. The minimum absolute atomic E-state index is 0.0952. The predicted octanol–water partition coefficient (Wildman–Crippen LogP) is 3.43. The Morgan fingerprint density at radius 1 is 1.32 bits per heavy atom. The van der Waals surface area contributed by atoms with Crippen molar-refractivity contribution in [3.8, 4) is 11.3 Å². The van der Waals surface area contributed by atoms with Crippen LogP contribution >= 0.6 is 11.3 Å². The normalized spacial score (nSPS) is 18.2. The molecule has 0 radical (unpaired) electrons. The van der Waals surface area contributed by atoms with E-state index in [4.69, 9.17) is 5.73 Å². The molecule has 0 bridgehead atoms. The summed E-state index contributed by atoms with van der Waals surface area (Å²) in [5, 5.41) is 2.84. The smallest absolute Gasteiger partial charge is 0.132 e. The van der Waals surface area contributed by atoms with Gasteiger partial charge in [0, 0.05) is 23.9 Å². The van der Waals surface area contributed by atoms with Crippen LogP contribution in [-0.4, -0.2) is 17.2 Å². The van der Waals surface area contributed by atoms with Gasteiger partial charge in [-0.25, -0.2) is 9.37 Å². The van der Waals surface area contributed by atoms with Gasteiger partial charge in [-0.15, -0.1) is 11.3 Å². The quantitative estimate of drug-likeness (QED) is 0.908. The van der Waals surface area contributed by atoms with Crippen molar-refractivity contribution in [1.29, 1.82) is 0 Å². The first-order valence-corrected chi connectivity index (χ1v) is 7.48. The number of aromatic nitrogens is 1. The van der Waals surface area contributed by atoms with E-state index in [2.05, 4.69) is 4.98 Å². The van der Waals surface area contributed by atoms with Gasteiger partial charge < -0.3 is 5.73 Å². The van der Waals surface area contributed by atoms with Crippen molar-refractivity contribution in [2.45, 2.75) is 24.9 Å². The van der Waals surface area contributed by atoms with Gasteiger partial charge >= 0.3 is 0 Å². The number of thiazole rings is 1. The van der Waals surface area contributed by atoms with Crippen LogP contribution in [0.1, 0.15) is 17.8 Å². The van der Waals surface area contributed by atoms with E-state index in [1.165, 1.54) is 11.3 Å². The van der Waals surface area contributed by atoms with Crippen molar-refractivity contribution in [2.75, 3.05) is 6.54 Å². The molecule has 1 fully saturated rings. The first-order valence-electron chi connectivity index (χ1n) is 6.60. The van der Waals surface area contributed by atoms with Gasteiger partial charge in [0.1, 0.15) is 5.67 Å². The highest BCUT2D eigenvalue weighted by atomic mass is 32.1. The van der Waals surface area contributed by atoms with E-state index in [0.717, 1.165) is 29.1 Å². The zero-order valence-corrected chi connectivity index (χ0v) is 11.5. The van der Waals surface area contributed by atoms with E-state index in [9.17, 15) is 4.39 Å². The number of hydrogen-bond acceptors (Lipinski definition) is 3. The molecule has 1 unspecified atom stereocenters. The second-order valence-corrected chi connectivity index (χ2v) is 6.12. The van der Waals surface area contributed by atoms with Crippen LogP contribution in [0.3, 0.4) is 0 Å². The van der Waals surface area contributed by atoms with Crippen LogP contribution in [-0.2, 0) is 6.42 Å². The highest BCUT2D eigenvalue weighted by molar-refractivity contribution is 7.09. The van der Waals surface area contributed by atoms with E-state index < -0.39 is 5.67 Å². The standard InChI is InChI=1S/C15H17FN2S/c16-15(10-17,12-6-7-12)8-14-18-13(9-19-14)11-4-2-1-3-5-11/h1-5,9,12H,6-8,10,17H2. The Kier molecular flexibility index (Phi) is 3.37. The molecular formula is C15H17FN2S. The third-order valence-corrected chi connectivity index (χ3v) is 4.56. The number of nitrogens with two attached hydrogens (primary N) is 1. The summed E-state index contributed by atoms with van der Waals surface area (Å²) in [4.78, 5) is 4.55. The van der Waals surface area contributed by atoms with Gasteiger partial charge in [0.05, 0.1) is 10.7 Å². The largest absolute Gasteiger partial charge is 0.328 e. The van der Waals surface area contributed by atoms with Crippen molar-refractivity contribution in [3.05, 3.63) is 40.7 Å². The SMILES string of the molecule is NCC(F)(Cc1nc(-c2ccccc2)cs1)C1CC1. The average Bonchev–Trinajstić information content (AvgIpc) is 3.21. The van der Waals surface area contributed by atoms with Gasteiger partial charge in [-0.3, -0.25) is 0 Å². The third kappa shape index (κ3) is 2.69. The Bertz CT molecular complexity index is 550. The molecule has 2 aromatic rings. The molecule has 0 amide bonds. The van der Waals surface area contributed by atoms with Crippen molar-refractivity contribution in [1.82, 2.24) is 4.98 Å². The Morgan fingerprint density at radius 2 is 2.05 bits per heavy atom. The molecule has 100 valence electrons. The van der Waals surface area contributed by atoms with Crippen molar-refractivity contribution in [2.24, 2.45) is 11.7 Å². The summed E-state index contributed by atoms with van der Waals surface area (Å²) < 4.78 is 14.6. The predicted molar refractivity (Wildman–Crippen MR) is 76.9 cm³/mol. The second kappa shape index (κ2) is 5.02. The number of rotatable bonds is 5. The van der Waals surface area contributed by atoms with Crippen LogP contribution in [0, 0.1) is 5.92 Å². The van der Waals surface area contributed by atoms with Crippen molar-refractivity contribution < 1.29 is 4.39 Å². The summed E-state index contributed by atoms with van der Waals surface area (Å²) in [6.45, 7) is 0.0952. The van der Waals surface area contributed by atoms with E-state index in [-0.39, 0.29) is 12.5 Å². The molecule has 1 saturated carbocycles. The zero-order chi connectivity index (χ0) is 13.3. The van der Waals surface area contributed by atoms with E-state index in [1.54, 1.807) is 0 Å². The fourth-order valence-electron chi connectivity index (χ4n) is 2.37. The zero-order valence-electron chi connectivity index (χ0n) is 10.7. The fourth-order valence-corrected chi connectivity index (χ4v) is 3.28. The maximum atomic E-state index is 14.6. The van der Waals surface area contributed by atoms with Crippen LogP contribution in [0.4, 0.5) is 4.39 Å². The lowest BCUT2D eigenvalue weighted by molar-refractivity contribution is 0.142. The molecule has 1 aliphatic rings. The fraction of sp³-hybridized carbons (Fsp3) is 0.400. The molecule has 1 atom stereocenters. The first-order chi connectivity index (χ1) is 9.21. The van der Waals surface area contributed by atoms with Gasteiger partial charge in [-0.2, -0.15) is 0 Å². The summed E-state index contributed by atoms with van der Waals surface area (Å²) in [5.74, 6) is 0.140. The maximum Gasteiger partial charge on any atom is 0.132 e. The van der Waals surface area contributed by atoms with Crippen LogP contribution in [0.25, 0.3) is 11.3 Å². The van der Waals surface area contributed by atoms with Gasteiger partial charge in [0.2, 0.25) is 0 Å². The number of alkyl halides is 1. The third-order valence-electron chi connectivity index (χ3n) is 3.71. The molecule has 1 aliphatic carbocycles. The average molecular weight is 276 g/mol. The Labute approximate surface area is 116 Å². The molecule has 1 heterocycles. The summed E-state index contributed by atoms with van der Waals surface area (Å²) in [6.07, 6.45) is 2.28. The minimum atomic E-state index is -1.26. The highest BCUT2D eigenvalue weighted by Crippen LogP contribution is 2.44. The topological polar surface area (TPSA) is 38.9 Å². The van der Waals surface area contributed by atoms with Crippen LogP contribution in [0.2, 0.25) is 0 Å². The molecule has 3 rings (SSSR count). The van der Waals surface area contributed by atoms with E-state index in [0.29, 0.717) is 6.42 Å². The molecular weight excluding hydrogens is 259 g/mol. The molecule has 1 aromatic heterocycles. The Balaban J connectivity index is 1.78. The summed E-state index contributed by atoms with van der Waals surface area (Å²) in [5.41, 5.74) is 6.36. The van der Waals surface area contributed by atoms with Gasteiger partial charge in [-0.05, 0) is 18.8 Å². The molecule has 4 heteroatoms. The van der Waals surface area contributed by atoms with Crippen molar-refractivity contribution >= 4 is 11.3 Å². The lowest BCUT2D eigenvalue weighted by Gasteiger charge is -2.21.